The summed E-state index contributed by atoms with van der Waals surface area (Å²) in [5.41, 5.74) is 0.819. The van der Waals surface area contributed by atoms with Crippen molar-refractivity contribution in [2.45, 2.75) is 35.3 Å². The molecular formula is C21H24ClN5O4S2. The van der Waals surface area contributed by atoms with Crippen molar-refractivity contribution in [2.75, 3.05) is 17.7 Å². The van der Waals surface area contributed by atoms with Crippen LogP contribution in [0.25, 0.3) is 0 Å². The standard InChI is InChI=1S/C21H24ClN5O4S2/c1-21(2,3)32(28,29)18-10-9-16(33(30,31)23-4)11-17(18)27-20-12-19(24-13-25-20)26-15-7-5-14(22)6-8-15/h5-13,23H,1-4H3,(H2,24,25,26,27). The monoisotopic (exact) mass is 509 g/mol. The minimum absolute atomic E-state index is 0.0455. The van der Waals surface area contributed by atoms with Gasteiger partial charge in [0, 0.05) is 16.8 Å². The van der Waals surface area contributed by atoms with Crippen LogP contribution in [0.4, 0.5) is 23.0 Å². The molecule has 0 atom stereocenters. The Kier molecular flexibility index (Phi) is 6.99. The largest absolute Gasteiger partial charge is 0.340 e. The SMILES string of the molecule is CNS(=O)(=O)c1ccc(S(=O)(=O)C(C)(C)C)c(Nc2cc(Nc3ccc(Cl)cc3)ncn2)c1. The molecule has 176 valence electrons. The smallest absolute Gasteiger partial charge is 0.240 e. The number of benzene rings is 2. The van der Waals surface area contributed by atoms with Gasteiger partial charge in [0.1, 0.15) is 18.0 Å². The van der Waals surface area contributed by atoms with Crippen molar-refractivity contribution >= 4 is 54.5 Å². The van der Waals surface area contributed by atoms with E-state index in [0.29, 0.717) is 10.8 Å². The molecule has 9 nitrogen and oxygen atoms in total. The van der Waals surface area contributed by atoms with Gasteiger partial charge in [-0.25, -0.2) is 31.5 Å². The number of rotatable bonds is 7. The lowest BCUT2D eigenvalue weighted by Gasteiger charge is -2.22. The average Bonchev–Trinajstić information content (AvgIpc) is 2.74. The molecule has 0 amide bonds. The maximum absolute atomic E-state index is 13.2. The maximum Gasteiger partial charge on any atom is 0.240 e. The van der Waals surface area contributed by atoms with E-state index in [2.05, 4.69) is 25.3 Å². The summed E-state index contributed by atoms with van der Waals surface area (Å²) in [6, 6.07) is 12.4. The van der Waals surface area contributed by atoms with E-state index in [4.69, 9.17) is 11.6 Å². The van der Waals surface area contributed by atoms with Gasteiger partial charge in [0.25, 0.3) is 0 Å². The van der Waals surface area contributed by atoms with Crippen LogP contribution in [0.2, 0.25) is 5.02 Å². The molecule has 0 saturated heterocycles. The van der Waals surface area contributed by atoms with Crippen LogP contribution in [-0.2, 0) is 19.9 Å². The number of halogens is 1. The quantitative estimate of drug-likeness (QED) is 0.434. The molecular weight excluding hydrogens is 486 g/mol. The van der Waals surface area contributed by atoms with Crippen LogP contribution < -0.4 is 15.4 Å². The number of nitrogens with one attached hydrogen (secondary N) is 3. The van der Waals surface area contributed by atoms with Crippen molar-refractivity contribution < 1.29 is 16.8 Å². The third kappa shape index (κ3) is 5.61. The summed E-state index contributed by atoms with van der Waals surface area (Å²) in [5, 5.41) is 6.63. The van der Waals surface area contributed by atoms with Crippen LogP contribution in [0.5, 0.6) is 0 Å². The van der Waals surface area contributed by atoms with Gasteiger partial charge in [-0.05, 0) is 70.3 Å². The molecule has 1 aromatic heterocycles. The summed E-state index contributed by atoms with van der Waals surface area (Å²) in [6.07, 6.45) is 1.30. The van der Waals surface area contributed by atoms with Gasteiger partial charge >= 0.3 is 0 Å². The lowest BCUT2D eigenvalue weighted by atomic mass is 10.3. The van der Waals surface area contributed by atoms with Gasteiger partial charge in [-0.3, -0.25) is 0 Å². The predicted octanol–water partition coefficient (Wildman–Crippen LogP) is 4.10. The Morgan fingerprint density at radius 2 is 1.45 bits per heavy atom. The molecule has 0 bridgehead atoms. The van der Waals surface area contributed by atoms with Gasteiger partial charge in [0.15, 0.2) is 9.84 Å². The molecule has 2 aromatic carbocycles. The van der Waals surface area contributed by atoms with Crippen LogP contribution in [0.15, 0.2) is 64.6 Å². The predicted molar refractivity (Wildman–Crippen MR) is 130 cm³/mol. The number of aromatic nitrogens is 2. The van der Waals surface area contributed by atoms with Crippen molar-refractivity contribution in [1.29, 1.82) is 0 Å². The fraction of sp³-hybridized carbons (Fsp3) is 0.238. The molecule has 0 saturated carbocycles. The minimum Gasteiger partial charge on any atom is -0.340 e. The molecule has 0 spiro atoms. The number of hydrogen-bond donors (Lipinski definition) is 3. The van der Waals surface area contributed by atoms with Crippen LogP contribution in [0, 0.1) is 0 Å². The normalized spacial score (nSPS) is 12.4. The number of nitrogens with zero attached hydrogens (tertiary/aromatic N) is 2. The molecule has 12 heteroatoms. The summed E-state index contributed by atoms with van der Waals surface area (Å²) < 4.78 is 52.1. The van der Waals surface area contributed by atoms with E-state index in [0.717, 1.165) is 5.69 Å². The molecule has 0 aliphatic rings. The Balaban J connectivity index is 2.04. The molecule has 33 heavy (non-hydrogen) atoms. The Morgan fingerprint density at radius 1 is 0.848 bits per heavy atom. The summed E-state index contributed by atoms with van der Waals surface area (Å²) in [5.74, 6) is 0.708. The molecule has 1 heterocycles. The molecule has 3 N–H and O–H groups in total. The third-order valence-electron chi connectivity index (χ3n) is 4.67. The molecule has 0 radical (unpaired) electrons. The van der Waals surface area contributed by atoms with Crippen LogP contribution >= 0.6 is 11.6 Å². The van der Waals surface area contributed by atoms with Gasteiger partial charge in [0.2, 0.25) is 10.0 Å². The highest BCUT2D eigenvalue weighted by Crippen LogP contribution is 2.34. The fourth-order valence-electron chi connectivity index (χ4n) is 2.77. The first-order chi connectivity index (χ1) is 15.3. The van der Waals surface area contributed by atoms with E-state index in [-0.39, 0.29) is 21.3 Å². The number of hydrogen-bond acceptors (Lipinski definition) is 8. The second-order valence-corrected chi connectivity index (χ2v) is 13.0. The second-order valence-electron chi connectivity index (χ2n) is 8.03. The average molecular weight is 510 g/mol. The van der Waals surface area contributed by atoms with E-state index in [9.17, 15) is 16.8 Å². The summed E-state index contributed by atoms with van der Waals surface area (Å²) in [4.78, 5) is 8.17. The van der Waals surface area contributed by atoms with E-state index in [1.54, 1.807) is 51.1 Å². The Bertz CT molecular complexity index is 1370. The molecule has 3 rings (SSSR count). The number of sulfone groups is 1. The first-order valence-corrected chi connectivity index (χ1v) is 13.1. The van der Waals surface area contributed by atoms with Crippen LogP contribution in [-0.4, -0.2) is 38.6 Å². The van der Waals surface area contributed by atoms with Gasteiger partial charge in [-0.15, -0.1) is 0 Å². The van der Waals surface area contributed by atoms with Gasteiger partial charge in [0.05, 0.1) is 20.2 Å². The van der Waals surface area contributed by atoms with Crippen molar-refractivity contribution in [3.05, 3.63) is 59.9 Å². The lowest BCUT2D eigenvalue weighted by molar-refractivity contribution is 0.560. The van der Waals surface area contributed by atoms with Crippen molar-refractivity contribution in [1.82, 2.24) is 14.7 Å². The Morgan fingerprint density at radius 3 is 2.03 bits per heavy atom. The Labute approximate surface area is 198 Å². The Hall–Kier alpha value is -2.73. The van der Waals surface area contributed by atoms with Crippen molar-refractivity contribution in [3.63, 3.8) is 0 Å². The van der Waals surface area contributed by atoms with Crippen LogP contribution in [0.1, 0.15) is 20.8 Å². The first kappa shape index (κ1) is 24.9. The number of anilines is 4. The maximum atomic E-state index is 13.2. The molecule has 0 aliphatic heterocycles. The minimum atomic E-state index is -3.81. The molecule has 0 fully saturated rings. The zero-order chi connectivity index (χ0) is 24.4. The number of sulfonamides is 1. The van der Waals surface area contributed by atoms with Crippen LogP contribution in [0.3, 0.4) is 0 Å². The van der Waals surface area contributed by atoms with Gasteiger partial charge < -0.3 is 10.6 Å². The zero-order valence-corrected chi connectivity index (χ0v) is 20.8. The third-order valence-corrected chi connectivity index (χ3v) is 8.88. The topological polar surface area (TPSA) is 130 Å². The lowest BCUT2D eigenvalue weighted by Crippen LogP contribution is -2.28. The second kappa shape index (κ2) is 9.26. The first-order valence-electron chi connectivity index (χ1n) is 9.77. The summed E-state index contributed by atoms with van der Waals surface area (Å²) >= 11 is 5.91. The molecule has 3 aromatic rings. The van der Waals surface area contributed by atoms with E-state index in [1.165, 1.54) is 31.6 Å². The highest BCUT2D eigenvalue weighted by Gasteiger charge is 2.33. The van der Waals surface area contributed by atoms with Gasteiger partial charge in [-0.1, -0.05) is 11.6 Å². The van der Waals surface area contributed by atoms with E-state index >= 15 is 0 Å². The highest BCUT2D eigenvalue weighted by molar-refractivity contribution is 7.93. The summed E-state index contributed by atoms with van der Waals surface area (Å²) in [7, 11) is -6.33. The van der Waals surface area contributed by atoms with E-state index < -0.39 is 24.6 Å². The highest BCUT2D eigenvalue weighted by atomic mass is 35.5. The molecule has 0 aliphatic carbocycles. The van der Waals surface area contributed by atoms with Gasteiger partial charge in [-0.2, -0.15) is 0 Å². The van der Waals surface area contributed by atoms with E-state index in [1.807, 2.05) is 0 Å². The fourth-order valence-corrected chi connectivity index (χ4v) is 4.96. The summed E-state index contributed by atoms with van der Waals surface area (Å²) in [6.45, 7) is 4.72. The van der Waals surface area contributed by atoms with Crippen molar-refractivity contribution in [3.8, 4) is 0 Å². The van der Waals surface area contributed by atoms with Crippen molar-refractivity contribution in [2.24, 2.45) is 0 Å². The zero-order valence-electron chi connectivity index (χ0n) is 18.4. The molecule has 0 unspecified atom stereocenters.